The summed E-state index contributed by atoms with van der Waals surface area (Å²) >= 11 is 0. The van der Waals surface area contributed by atoms with Gasteiger partial charge in [-0.2, -0.15) is 4.31 Å². The highest BCUT2D eigenvalue weighted by Gasteiger charge is 2.33. The first-order chi connectivity index (χ1) is 13.8. The molecular weight excluding hydrogens is 398 g/mol. The number of hydrogen-bond acceptors (Lipinski definition) is 3. The first-order valence-corrected chi connectivity index (χ1v) is 11.0. The van der Waals surface area contributed by atoms with Gasteiger partial charge in [0.15, 0.2) is 0 Å². The molecular formula is C21H24F2N2O3S. The molecule has 0 spiro atoms. The molecule has 0 bridgehead atoms. The van der Waals surface area contributed by atoms with E-state index in [1.807, 2.05) is 6.92 Å². The molecule has 2 aromatic rings. The van der Waals surface area contributed by atoms with Crippen molar-refractivity contribution in [1.29, 1.82) is 0 Å². The summed E-state index contributed by atoms with van der Waals surface area (Å²) in [4.78, 5) is 14.6. The van der Waals surface area contributed by atoms with Crippen molar-refractivity contribution >= 4 is 15.9 Å². The second-order valence-corrected chi connectivity index (χ2v) is 9.05. The fraction of sp³-hybridized carbons (Fsp3) is 0.381. The average Bonchev–Trinajstić information content (AvgIpc) is 2.72. The van der Waals surface area contributed by atoms with Crippen molar-refractivity contribution in [1.82, 2.24) is 9.21 Å². The summed E-state index contributed by atoms with van der Waals surface area (Å²) in [5.41, 5.74) is 0.719. The van der Waals surface area contributed by atoms with Crippen molar-refractivity contribution < 1.29 is 22.0 Å². The fourth-order valence-corrected chi connectivity index (χ4v) is 5.03. The Bertz CT molecular complexity index is 956. The molecule has 1 aliphatic heterocycles. The molecule has 0 aromatic heterocycles. The third-order valence-corrected chi connectivity index (χ3v) is 7.12. The minimum absolute atomic E-state index is 0.0457. The number of hydrogen-bond donors (Lipinski definition) is 0. The maximum absolute atomic E-state index is 13.4. The summed E-state index contributed by atoms with van der Waals surface area (Å²) in [6.07, 6.45) is 0.831. The maximum atomic E-state index is 13.4. The van der Waals surface area contributed by atoms with E-state index < -0.39 is 15.8 Å². The quantitative estimate of drug-likeness (QED) is 0.717. The topological polar surface area (TPSA) is 57.7 Å². The van der Waals surface area contributed by atoms with E-state index in [9.17, 15) is 22.0 Å². The lowest BCUT2D eigenvalue weighted by atomic mass is 9.96. The number of amides is 1. The van der Waals surface area contributed by atoms with Crippen molar-refractivity contribution in [3.8, 4) is 0 Å². The van der Waals surface area contributed by atoms with Crippen molar-refractivity contribution in [2.45, 2.75) is 31.2 Å². The van der Waals surface area contributed by atoms with Crippen molar-refractivity contribution in [3.63, 3.8) is 0 Å². The molecule has 2 aromatic carbocycles. The molecule has 0 saturated carbocycles. The van der Waals surface area contributed by atoms with E-state index in [1.54, 1.807) is 17.0 Å². The Morgan fingerprint density at radius 1 is 1.07 bits per heavy atom. The minimum atomic E-state index is -3.71. The molecule has 0 radical (unpaired) electrons. The summed E-state index contributed by atoms with van der Waals surface area (Å²) in [5.74, 6) is -1.16. The predicted molar refractivity (Wildman–Crippen MR) is 105 cm³/mol. The van der Waals surface area contributed by atoms with Crippen molar-refractivity contribution in [3.05, 3.63) is 65.7 Å². The number of nitrogens with zero attached hydrogens (tertiary/aromatic N) is 2. The predicted octanol–water partition coefficient (Wildman–Crippen LogP) is 3.41. The third-order valence-electron chi connectivity index (χ3n) is 5.21. The Morgan fingerprint density at radius 3 is 2.31 bits per heavy atom. The molecule has 1 amide bonds. The average molecular weight is 422 g/mol. The Hall–Kier alpha value is -2.32. The van der Waals surface area contributed by atoms with Gasteiger partial charge < -0.3 is 4.90 Å². The van der Waals surface area contributed by atoms with E-state index in [2.05, 4.69) is 0 Å². The Balaban J connectivity index is 1.63. The number of benzene rings is 2. The van der Waals surface area contributed by atoms with Crippen LogP contribution in [0.2, 0.25) is 0 Å². The summed E-state index contributed by atoms with van der Waals surface area (Å²) in [5, 5.41) is 0. The summed E-state index contributed by atoms with van der Waals surface area (Å²) in [6, 6.07) is 10.9. The third kappa shape index (κ3) is 5.00. The lowest BCUT2D eigenvalue weighted by Gasteiger charge is -2.33. The van der Waals surface area contributed by atoms with Gasteiger partial charge in [0.2, 0.25) is 15.9 Å². The maximum Gasteiger partial charge on any atom is 0.243 e. The minimum Gasteiger partial charge on any atom is -0.338 e. The normalized spacial score (nSPS) is 16.0. The fourth-order valence-electron chi connectivity index (χ4n) is 3.56. The van der Waals surface area contributed by atoms with E-state index in [1.165, 1.54) is 28.6 Å². The van der Waals surface area contributed by atoms with Crippen LogP contribution in [0.4, 0.5) is 8.78 Å². The summed E-state index contributed by atoms with van der Waals surface area (Å²) in [7, 11) is -3.71. The van der Waals surface area contributed by atoms with Gasteiger partial charge in [0, 0.05) is 32.1 Å². The highest BCUT2D eigenvalue weighted by molar-refractivity contribution is 7.89. The molecule has 3 rings (SSSR count). The molecule has 0 N–H and O–H groups in total. The molecule has 156 valence electrons. The molecule has 1 heterocycles. The largest absolute Gasteiger partial charge is 0.338 e. The van der Waals surface area contributed by atoms with Crippen LogP contribution in [-0.2, 0) is 21.4 Å². The van der Waals surface area contributed by atoms with Gasteiger partial charge in [-0.05, 0) is 61.7 Å². The van der Waals surface area contributed by atoms with Gasteiger partial charge >= 0.3 is 0 Å². The molecule has 0 atom stereocenters. The van der Waals surface area contributed by atoms with Gasteiger partial charge in [-0.15, -0.1) is 0 Å². The van der Waals surface area contributed by atoms with Crippen LogP contribution in [0.5, 0.6) is 0 Å². The number of rotatable bonds is 6. The molecule has 1 aliphatic rings. The first-order valence-electron chi connectivity index (χ1n) is 9.60. The number of piperidine rings is 1. The number of carbonyl (C=O) groups is 1. The van der Waals surface area contributed by atoms with Gasteiger partial charge in [-0.25, -0.2) is 17.2 Å². The van der Waals surface area contributed by atoms with Gasteiger partial charge in [0.25, 0.3) is 0 Å². The molecule has 0 unspecified atom stereocenters. The molecule has 1 fully saturated rings. The van der Waals surface area contributed by atoms with Crippen LogP contribution >= 0.6 is 0 Å². The smallest absolute Gasteiger partial charge is 0.243 e. The van der Waals surface area contributed by atoms with Gasteiger partial charge in [0.05, 0.1) is 4.90 Å². The Morgan fingerprint density at radius 2 is 1.72 bits per heavy atom. The Kier molecular flexibility index (Phi) is 6.64. The zero-order chi connectivity index (χ0) is 21.0. The van der Waals surface area contributed by atoms with Crippen LogP contribution in [0.3, 0.4) is 0 Å². The monoisotopic (exact) mass is 422 g/mol. The van der Waals surface area contributed by atoms with E-state index in [-0.39, 0.29) is 35.6 Å². The molecule has 1 saturated heterocycles. The first kappa shape index (κ1) is 21.4. The zero-order valence-corrected chi connectivity index (χ0v) is 17.0. The number of sulfonamides is 1. The van der Waals surface area contributed by atoms with Gasteiger partial charge in [-0.1, -0.05) is 12.1 Å². The second kappa shape index (κ2) is 9.00. The summed E-state index contributed by atoms with van der Waals surface area (Å²) in [6.45, 7) is 3.14. The van der Waals surface area contributed by atoms with E-state index in [0.717, 1.165) is 17.7 Å². The number of halogens is 2. The van der Waals surface area contributed by atoms with E-state index >= 15 is 0 Å². The van der Waals surface area contributed by atoms with Crippen molar-refractivity contribution in [2.24, 2.45) is 5.92 Å². The van der Waals surface area contributed by atoms with Crippen LogP contribution in [0, 0.1) is 17.6 Å². The van der Waals surface area contributed by atoms with Crippen LogP contribution in [0.1, 0.15) is 25.3 Å². The molecule has 0 aliphatic carbocycles. The van der Waals surface area contributed by atoms with E-state index in [4.69, 9.17) is 0 Å². The molecule has 29 heavy (non-hydrogen) atoms. The molecule has 5 nitrogen and oxygen atoms in total. The number of carbonyl (C=O) groups excluding carboxylic acids is 1. The highest BCUT2D eigenvalue weighted by atomic mass is 32.2. The van der Waals surface area contributed by atoms with Crippen LogP contribution in [-0.4, -0.2) is 43.2 Å². The summed E-state index contributed by atoms with van der Waals surface area (Å²) < 4.78 is 53.2. The lowest BCUT2D eigenvalue weighted by molar-refractivity contribution is -0.137. The standard InChI is InChI=1S/C21H24F2N2O3S/c1-2-24(15-16-4-3-5-19(23)14-16)21(26)17-10-12-25(13-11-17)29(27,28)20-8-6-18(22)7-9-20/h3-9,14,17H,2,10-13,15H2,1H3. The van der Waals surface area contributed by atoms with E-state index in [0.29, 0.717) is 25.9 Å². The van der Waals surface area contributed by atoms with Crippen LogP contribution < -0.4 is 0 Å². The molecule has 8 heteroatoms. The zero-order valence-electron chi connectivity index (χ0n) is 16.2. The van der Waals surface area contributed by atoms with Crippen LogP contribution in [0.15, 0.2) is 53.4 Å². The second-order valence-electron chi connectivity index (χ2n) is 7.11. The highest BCUT2D eigenvalue weighted by Crippen LogP contribution is 2.26. The SMILES string of the molecule is CCN(Cc1cccc(F)c1)C(=O)C1CCN(S(=O)(=O)c2ccc(F)cc2)CC1. The lowest BCUT2D eigenvalue weighted by Crippen LogP contribution is -2.44. The Labute approximate surface area is 170 Å². The van der Waals surface area contributed by atoms with Gasteiger partial charge in [0.1, 0.15) is 11.6 Å². The van der Waals surface area contributed by atoms with Gasteiger partial charge in [-0.3, -0.25) is 4.79 Å². The van der Waals surface area contributed by atoms with Crippen molar-refractivity contribution in [2.75, 3.05) is 19.6 Å². The van der Waals surface area contributed by atoms with Crippen LogP contribution in [0.25, 0.3) is 0 Å².